The first-order valence-electron chi connectivity index (χ1n) is 10.5. The Kier molecular flexibility index (Phi) is 5.77. The van der Waals surface area contributed by atoms with Gasteiger partial charge in [0, 0.05) is 30.6 Å². The molecule has 5 aromatic rings. The van der Waals surface area contributed by atoms with E-state index >= 15 is 0 Å². The van der Waals surface area contributed by atoms with E-state index in [1.165, 1.54) is 11.3 Å². The molecule has 0 amide bonds. The zero-order valence-electron chi connectivity index (χ0n) is 18.5. The number of anilines is 1. The summed E-state index contributed by atoms with van der Waals surface area (Å²) in [5, 5.41) is 29.2. The highest BCUT2D eigenvalue weighted by Gasteiger charge is 2.07. The van der Waals surface area contributed by atoms with Crippen molar-refractivity contribution in [2.45, 2.75) is 0 Å². The predicted octanol–water partition coefficient (Wildman–Crippen LogP) is 8.22. The summed E-state index contributed by atoms with van der Waals surface area (Å²) in [5.74, 6) is 0. The SMILES string of the molecule is CN(C)c1ccc(N=Nc2ccc(N=Nc3nc4ccc(C#N)cc4s3)c3ccccc23)cc1. The molecule has 8 heteroatoms. The Morgan fingerprint density at radius 1 is 0.794 bits per heavy atom. The van der Waals surface area contributed by atoms with Crippen molar-refractivity contribution in [3.05, 3.63) is 84.4 Å². The maximum atomic E-state index is 9.09. The van der Waals surface area contributed by atoms with Crippen LogP contribution in [-0.4, -0.2) is 19.1 Å². The van der Waals surface area contributed by atoms with Gasteiger partial charge in [-0.3, -0.25) is 0 Å². The minimum atomic E-state index is 0.541. The van der Waals surface area contributed by atoms with Crippen LogP contribution < -0.4 is 4.90 Å². The van der Waals surface area contributed by atoms with Gasteiger partial charge in [0.05, 0.1) is 38.9 Å². The van der Waals surface area contributed by atoms with Crippen molar-refractivity contribution in [3.8, 4) is 6.07 Å². The van der Waals surface area contributed by atoms with E-state index < -0.39 is 0 Å². The standard InChI is InChI=1S/C26H19N7S/c1-33(2)19-10-8-18(9-11-19)29-30-22-13-14-23(21-6-4-3-5-20(21)22)31-32-26-28-24-12-7-17(16-27)15-25(24)34-26/h3-15H,1-2H3. The van der Waals surface area contributed by atoms with Gasteiger partial charge in [-0.25, -0.2) is 4.98 Å². The van der Waals surface area contributed by atoms with Gasteiger partial charge in [0.15, 0.2) is 0 Å². The van der Waals surface area contributed by atoms with Gasteiger partial charge in [-0.05, 0) is 54.6 Å². The molecule has 0 spiro atoms. The van der Waals surface area contributed by atoms with Crippen LogP contribution in [0.4, 0.5) is 27.9 Å². The van der Waals surface area contributed by atoms with Crippen LogP contribution in [0.25, 0.3) is 21.0 Å². The lowest BCUT2D eigenvalue weighted by Crippen LogP contribution is -2.07. The van der Waals surface area contributed by atoms with Crippen molar-refractivity contribution in [1.29, 1.82) is 5.26 Å². The van der Waals surface area contributed by atoms with Gasteiger partial charge in [-0.2, -0.15) is 10.4 Å². The molecule has 0 saturated heterocycles. The second-order valence-electron chi connectivity index (χ2n) is 7.75. The molecular weight excluding hydrogens is 442 g/mol. The highest BCUT2D eigenvalue weighted by Crippen LogP contribution is 2.36. The molecule has 4 aromatic carbocycles. The maximum Gasteiger partial charge on any atom is 0.231 e. The van der Waals surface area contributed by atoms with Crippen molar-refractivity contribution in [2.24, 2.45) is 20.5 Å². The highest BCUT2D eigenvalue weighted by atomic mass is 32.1. The van der Waals surface area contributed by atoms with E-state index in [0.717, 1.165) is 43.7 Å². The Morgan fingerprint density at radius 2 is 1.47 bits per heavy atom. The number of nitrogens with zero attached hydrogens (tertiary/aromatic N) is 7. The lowest BCUT2D eigenvalue weighted by molar-refractivity contribution is 1.13. The lowest BCUT2D eigenvalue weighted by Gasteiger charge is -2.11. The topological polar surface area (TPSA) is 89.4 Å². The van der Waals surface area contributed by atoms with Crippen LogP contribution >= 0.6 is 11.3 Å². The third-order valence-corrected chi connectivity index (χ3v) is 6.17. The molecule has 164 valence electrons. The molecule has 0 N–H and O–H groups in total. The van der Waals surface area contributed by atoms with Crippen LogP contribution in [0, 0.1) is 11.3 Å². The quantitative estimate of drug-likeness (QED) is 0.247. The van der Waals surface area contributed by atoms with Crippen LogP contribution in [0.15, 0.2) is 99.3 Å². The summed E-state index contributed by atoms with van der Waals surface area (Å²) in [4.78, 5) is 6.53. The first kappa shape index (κ1) is 21.4. The van der Waals surface area contributed by atoms with Gasteiger partial charge in [-0.15, -0.1) is 15.3 Å². The summed E-state index contributed by atoms with van der Waals surface area (Å²) < 4.78 is 0.909. The maximum absolute atomic E-state index is 9.09. The number of rotatable bonds is 5. The molecule has 0 atom stereocenters. The van der Waals surface area contributed by atoms with Crippen molar-refractivity contribution in [3.63, 3.8) is 0 Å². The van der Waals surface area contributed by atoms with Crippen molar-refractivity contribution in [1.82, 2.24) is 4.98 Å². The van der Waals surface area contributed by atoms with E-state index in [1.54, 1.807) is 6.07 Å². The number of azo groups is 2. The zero-order valence-corrected chi connectivity index (χ0v) is 19.4. The number of benzene rings is 4. The summed E-state index contributed by atoms with van der Waals surface area (Å²) in [6, 6.07) is 27.2. The lowest BCUT2D eigenvalue weighted by atomic mass is 10.1. The molecule has 7 nitrogen and oxygen atoms in total. The summed E-state index contributed by atoms with van der Waals surface area (Å²) in [7, 11) is 4.01. The van der Waals surface area contributed by atoms with Crippen LogP contribution in [0.1, 0.15) is 5.56 Å². The first-order chi connectivity index (χ1) is 16.6. The van der Waals surface area contributed by atoms with Crippen molar-refractivity contribution < 1.29 is 0 Å². The van der Waals surface area contributed by atoms with Crippen LogP contribution in [0.3, 0.4) is 0 Å². The molecule has 0 radical (unpaired) electrons. The Labute approximate surface area is 200 Å². The van der Waals surface area contributed by atoms with E-state index in [-0.39, 0.29) is 0 Å². The fourth-order valence-corrected chi connectivity index (χ4v) is 4.32. The average molecular weight is 462 g/mol. The largest absolute Gasteiger partial charge is 0.378 e. The van der Waals surface area contributed by atoms with Crippen LogP contribution in [0.5, 0.6) is 0 Å². The normalized spacial score (nSPS) is 11.6. The molecule has 1 aromatic heterocycles. The zero-order chi connectivity index (χ0) is 23.5. The molecule has 5 rings (SSSR count). The third-order valence-electron chi connectivity index (χ3n) is 5.27. The van der Waals surface area contributed by atoms with E-state index in [4.69, 9.17) is 5.26 Å². The monoisotopic (exact) mass is 461 g/mol. The second-order valence-corrected chi connectivity index (χ2v) is 8.76. The van der Waals surface area contributed by atoms with Gasteiger partial charge < -0.3 is 4.90 Å². The van der Waals surface area contributed by atoms with Gasteiger partial charge in [0.2, 0.25) is 5.13 Å². The van der Waals surface area contributed by atoms with E-state index in [0.29, 0.717) is 10.7 Å². The summed E-state index contributed by atoms with van der Waals surface area (Å²) in [5.41, 5.74) is 4.78. The Balaban J connectivity index is 1.45. The van der Waals surface area contributed by atoms with Crippen LogP contribution in [0.2, 0.25) is 0 Å². The molecular formula is C26H19N7S. The van der Waals surface area contributed by atoms with E-state index in [9.17, 15) is 0 Å². The van der Waals surface area contributed by atoms with Gasteiger partial charge >= 0.3 is 0 Å². The number of fused-ring (bicyclic) bond motifs is 2. The smallest absolute Gasteiger partial charge is 0.231 e. The molecule has 0 unspecified atom stereocenters. The summed E-state index contributed by atoms with van der Waals surface area (Å²) in [6.07, 6.45) is 0. The molecule has 0 fully saturated rings. The summed E-state index contributed by atoms with van der Waals surface area (Å²) >= 11 is 1.40. The fourth-order valence-electron chi connectivity index (χ4n) is 3.49. The second kappa shape index (κ2) is 9.17. The Bertz CT molecular complexity index is 1590. The van der Waals surface area contributed by atoms with Crippen LogP contribution in [-0.2, 0) is 0 Å². The Hall–Kier alpha value is -4.48. The minimum Gasteiger partial charge on any atom is -0.378 e. The first-order valence-corrected chi connectivity index (χ1v) is 11.4. The molecule has 34 heavy (non-hydrogen) atoms. The van der Waals surface area contributed by atoms with Gasteiger partial charge in [0.1, 0.15) is 0 Å². The van der Waals surface area contributed by atoms with Gasteiger partial charge in [-0.1, -0.05) is 35.6 Å². The van der Waals surface area contributed by atoms with Gasteiger partial charge in [0.25, 0.3) is 0 Å². The van der Waals surface area contributed by atoms with Crippen molar-refractivity contribution in [2.75, 3.05) is 19.0 Å². The molecule has 0 bridgehead atoms. The third kappa shape index (κ3) is 4.37. The number of hydrogen-bond donors (Lipinski definition) is 0. The fraction of sp³-hybridized carbons (Fsp3) is 0.0769. The number of nitriles is 1. The molecule has 0 saturated carbocycles. The molecule has 0 aliphatic rings. The minimum absolute atomic E-state index is 0.541. The average Bonchev–Trinajstić information content (AvgIpc) is 3.28. The molecule has 1 heterocycles. The van der Waals surface area contributed by atoms with E-state index in [2.05, 4.69) is 31.5 Å². The Morgan fingerprint density at radius 3 is 2.12 bits per heavy atom. The van der Waals surface area contributed by atoms with Crippen molar-refractivity contribution >= 4 is 60.2 Å². The number of hydrogen-bond acceptors (Lipinski definition) is 8. The number of thiazole rings is 1. The highest BCUT2D eigenvalue weighted by molar-refractivity contribution is 7.21. The predicted molar refractivity (Wildman–Crippen MR) is 137 cm³/mol. The molecule has 0 aliphatic heterocycles. The molecule has 0 aliphatic carbocycles. The number of aromatic nitrogens is 1. The summed E-state index contributed by atoms with van der Waals surface area (Å²) in [6.45, 7) is 0. The van der Waals surface area contributed by atoms with E-state index in [1.807, 2.05) is 91.8 Å².